The number of ether oxygens (including phenoxy) is 1. The molecule has 0 saturated carbocycles. The van der Waals surface area contributed by atoms with Gasteiger partial charge < -0.3 is 4.74 Å². The Morgan fingerprint density at radius 1 is 1.44 bits per heavy atom. The molecule has 0 spiro atoms. The van der Waals surface area contributed by atoms with E-state index in [-0.39, 0.29) is 10.5 Å². The van der Waals surface area contributed by atoms with Crippen LogP contribution in [-0.2, 0) is 14.8 Å². The summed E-state index contributed by atoms with van der Waals surface area (Å²) in [5.74, 6) is 4.31. The van der Waals surface area contributed by atoms with Crippen LogP contribution in [0.4, 0.5) is 0 Å². The predicted octanol–water partition coefficient (Wildman–Crippen LogP) is -0.0664. The Morgan fingerprint density at radius 3 is 2.56 bits per heavy atom. The van der Waals surface area contributed by atoms with E-state index in [9.17, 15) is 13.2 Å². The third-order valence-corrected chi connectivity index (χ3v) is 3.38. The molecule has 1 aromatic carbocycles. The standard InChI is InChI=1S/C9H12N2O4S/c1-6-3-4-7(9(12)15-2)5-8(6)16(13,14)11-10/h3-5,11H,10H2,1-2H3. The number of nitrogens with one attached hydrogen (secondary N) is 1. The predicted molar refractivity (Wildman–Crippen MR) is 57.0 cm³/mol. The Labute approximate surface area is 93.4 Å². The van der Waals surface area contributed by atoms with Crippen LogP contribution in [-0.4, -0.2) is 21.5 Å². The van der Waals surface area contributed by atoms with E-state index in [0.29, 0.717) is 5.56 Å². The first-order valence-corrected chi connectivity index (χ1v) is 5.82. The normalized spacial score (nSPS) is 11.2. The number of hydrazine groups is 1. The Morgan fingerprint density at radius 2 is 2.06 bits per heavy atom. The molecule has 0 aliphatic heterocycles. The maximum Gasteiger partial charge on any atom is 0.337 e. The highest BCUT2D eigenvalue weighted by Gasteiger charge is 2.17. The molecule has 0 amide bonds. The Balaban J connectivity index is 3.36. The van der Waals surface area contributed by atoms with Crippen molar-refractivity contribution in [1.82, 2.24) is 4.83 Å². The summed E-state index contributed by atoms with van der Waals surface area (Å²) in [6.07, 6.45) is 0. The van der Waals surface area contributed by atoms with Crippen molar-refractivity contribution >= 4 is 16.0 Å². The van der Waals surface area contributed by atoms with Crippen molar-refractivity contribution < 1.29 is 17.9 Å². The average molecular weight is 244 g/mol. The Bertz CT molecular complexity index is 510. The monoisotopic (exact) mass is 244 g/mol. The van der Waals surface area contributed by atoms with E-state index in [0.717, 1.165) is 0 Å². The summed E-state index contributed by atoms with van der Waals surface area (Å²) in [5.41, 5.74) is 0.646. The van der Waals surface area contributed by atoms with E-state index in [1.807, 2.05) is 0 Å². The number of esters is 1. The van der Waals surface area contributed by atoms with Crippen LogP contribution in [0.3, 0.4) is 0 Å². The minimum atomic E-state index is -3.77. The van der Waals surface area contributed by atoms with E-state index in [4.69, 9.17) is 5.84 Å². The summed E-state index contributed by atoms with van der Waals surface area (Å²) >= 11 is 0. The van der Waals surface area contributed by atoms with Crippen molar-refractivity contribution in [3.8, 4) is 0 Å². The third-order valence-electron chi connectivity index (χ3n) is 2.05. The van der Waals surface area contributed by atoms with Gasteiger partial charge in [-0.2, -0.15) is 4.83 Å². The first-order chi connectivity index (χ1) is 7.42. The zero-order valence-corrected chi connectivity index (χ0v) is 9.67. The number of carbonyl (C=O) groups excluding carboxylic acids is 1. The molecule has 0 fully saturated rings. The number of hydrogen-bond donors (Lipinski definition) is 2. The Kier molecular flexibility index (Phi) is 3.63. The lowest BCUT2D eigenvalue weighted by molar-refractivity contribution is 0.0600. The lowest BCUT2D eigenvalue weighted by atomic mass is 10.1. The van der Waals surface area contributed by atoms with Crippen molar-refractivity contribution in [2.75, 3.05) is 7.11 Å². The lowest BCUT2D eigenvalue weighted by Crippen LogP contribution is -2.30. The summed E-state index contributed by atoms with van der Waals surface area (Å²) in [4.78, 5) is 12.9. The fourth-order valence-corrected chi connectivity index (χ4v) is 2.10. The van der Waals surface area contributed by atoms with Crippen LogP contribution in [0.5, 0.6) is 0 Å². The van der Waals surface area contributed by atoms with Gasteiger partial charge in [-0.1, -0.05) is 6.07 Å². The van der Waals surface area contributed by atoms with Crippen LogP contribution in [0.15, 0.2) is 23.1 Å². The van der Waals surface area contributed by atoms with Crippen molar-refractivity contribution in [3.05, 3.63) is 29.3 Å². The first-order valence-electron chi connectivity index (χ1n) is 4.33. The number of nitrogens with two attached hydrogens (primary N) is 1. The molecule has 88 valence electrons. The van der Waals surface area contributed by atoms with E-state index in [1.54, 1.807) is 11.8 Å². The third kappa shape index (κ3) is 2.38. The second-order valence-electron chi connectivity index (χ2n) is 3.09. The van der Waals surface area contributed by atoms with Gasteiger partial charge in [-0.3, -0.25) is 5.84 Å². The molecule has 3 N–H and O–H groups in total. The fraction of sp³-hybridized carbons (Fsp3) is 0.222. The molecule has 0 heterocycles. The molecule has 1 aromatic rings. The lowest BCUT2D eigenvalue weighted by Gasteiger charge is -2.07. The van der Waals surface area contributed by atoms with Crippen LogP contribution >= 0.6 is 0 Å². The topological polar surface area (TPSA) is 98.5 Å². The minimum absolute atomic E-state index is 0.0436. The molecule has 0 radical (unpaired) electrons. The van der Waals surface area contributed by atoms with E-state index in [2.05, 4.69) is 4.74 Å². The smallest absolute Gasteiger partial charge is 0.337 e. The van der Waals surface area contributed by atoms with Crippen molar-refractivity contribution in [1.29, 1.82) is 0 Å². The molecule has 0 bridgehead atoms. The van der Waals surface area contributed by atoms with Crippen LogP contribution in [0, 0.1) is 6.92 Å². The highest BCUT2D eigenvalue weighted by Crippen LogP contribution is 2.16. The second kappa shape index (κ2) is 4.60. The molecule has 0 aliphatic carbocycles. The molecule has 0 aromatic heterocycles. The molecule has 7 heteroatoms. The largest absolute Gasteiger partial charge is 0.465 e. The van der Waals surface area contributed by atoms with Gasteiger partial charge in [0.05, 0.1) is 17.6 Å². The van der Waals surface area contributed by atoms with Crippen LogP contribution < -0.4 is 10.7 Å². The van der Waals surface area contributed by atoms with Gasteiger partial charge in [-0.05, 0) is 24.6 Å². The Hall–Kier alpha value is -1.44. The maximum atomic E-state index is 11.5. The highest BCUT2D eigenvalue weighted by molar-refractivity contribution is 7.89. The molecule has 0 saturated heterocycles. The number of hydrogen-bond acceptors (Lipinski definition) is 5. The molecule has 0 aliphatic rings. The van der Waals surface area contributed by atoms with Gasteiger partial charge >= 0.3 is 5.97 Å². The molecule has 1 rings (SSSR count). The zero-order chi connectivity index (χ0) is 12.3. The van der Waals surface area contributed by atoms with E-state index in [1.165, 1.54) is 25.3 Å². The molecular formula is C9H12N2O4S. The van der Waals surface area contributed by atoms with Gasteiger partial charge in [0, 0.05) is 0 Å². The van der Waals surface area contributed by atoms with E-state index >= 15 is 0 Å². The summed E-state index contributed by atoms with van der Waals surface area (Å²) in [5, 5.41) is 0. The maximum absolute atomic E-state index is 11.5. The van der Waals surface area contributed by atoms with Crippen molar-refractivity contribution in [2.24, 2.45) is 5.84 Å². The van der Waals surface area contributed by atoms with Gasteiger partial charge in [0.25, 0.3) is 10.0 Å². The molecule has 6 nitrogen and oxygen atoms in total. The summed E-state index contributed by atoms with van der Waals surface area (Å²) in [7, 11) is -2.55. The van der Waals surface area contributed by atoms with Gasteiger partial charge in [0.2, 0.25) is 0 Å². The van der Waals surface area contributed by atoms with Gasteiger partial charge in [0.15, 0.2) is 0 Å². The van der Waals surface area contributed by atoms with Crippen LogP contribution in [0.25, 0.3) is 0 Å². The molecule has 0 unspecified atom stereocenters. The fourth-order valence-electron chi connectivity index (χ4n) is 1.20. The summed E-state index contributed by atoms with van der Waals surface area (Å²) in [6, 6.07) is 4.21. The number of carbonyl (C=O) groups is 1. The van der Waals surface area contributed by atoms with Gasteiger partial charge in [-0.25, -0.2) is 13.2 Å². The van der Waals surface area contributed by atoms with Crippen molar-refractivity contribution in [2.45, 2.75) is 11.8 Å². The highest BCUT2D eigenvalue weighted by atomic mass is 32.2. The van der Waals surface area contributed by atoms with Crippen LogP contribution in [0.2, 0.25) is 0 Å². The number of aryl methyl sites for hydroxylation is 1. The van der Waals surface area contributed by atoms with Gasteiger partial charge in [-0.15, -0.1) is 0 Å². The first kappa shape index (κ1) is 12.6. The SMILES string of the molecule is COC(=O)c1ccc(C)c(S(=O)(=O)NN)c1. The quantitative estimate of drug-likeness (QED) is 0.440. The molecule has 16 heavy (non-hydrogen) atoms. The van der Waals surface area contributed by atoms with Gasteiger partial charge in [0.1, 0.15) is 0 Å². The molecular weight excluding hydrogens is 232 g/mol. The number of rotatable bonds is 3. The minimum Gasteiger partial charge on any atom is -0.465 e. The molecule has 0 atom stereocenters. The number of sulfonamides is 1. The summed E-state index contributed by atoms with van der Waals surface area (Å²) in [6.45, 7) is 1.60. The van der Waals surface area contributed by atoms with E-state index < -0.39 is 16.0 Å². The average Bonchev–Trinajstić information content (AvgIpc) is 2.28. The number of methoxy groups -OCH3 is 1. The zero-order valence-electron chi connectivity index (χ0n) is 8.85. The second-order valence-corrected chi connectivity index (χ2v) is 4.78. The van der Waals surface area contributed by atoms with Crippen molar-refractivity contribution in [3.63, 3.8) is 0 Å². The van der Waals surface area contributed by atoms with Crippen LogP contribution in [0.1, 0.15) is 15.9 Å². The number of benzene rings is 1. The summed E-state index contributed by atoms with van der Waals surface area (Å²) < 4.78 is 27.5.